The first-order valence-electron chi connectivity index (χ1n) is 4.83. The molecule has 0 saturated heterocycles. The van der Waals surface area contributed by atoms with E-state index >= 15 is 0 Å². The molecule has 1 unspecified atom stereocenters. The van der Waals surface area contributed by atoms with Crippen LogP contribution in [-0.4, -0.2) is 27.9 Å². The molecule has 18 heavy (non-hydrogen) atoms. The van der Waals surface area contributed by atoms with Gasteiger partial charge in [0.2, 0.25) is 0 Å². The van der Waals surface area contributed by atoms with Crippen molar-refractivity contribution in [1.82, 2.24) is 10.3 Å². The van der Waals surface area contributed by atoms with E-state index in [1.165, 1.54) is 18.2 Å². The summed E-state index contributed by atoms with van der Waals surface area (Å²) in [6.45, 7) is 0. The molecule has 8 heteroatoms. The Bertz CT molecular complexity index is 557. The van der Waals surface area contributed by atoms with Crippen LogP contribution in [0.15, 0.2) is 24.3 Å². The van der Waals surface area contributed by atoms with Crippen molar-refractivity contribution in [1.29, 1.82) is 5.26 Å². The van der Waals surface area contributed by atoms with E-state index in [0.717, 1.165) is 0 Å². The molecule has 2 rings (SSSR count). The van der Waals surface area contributed by atoms with Crippen LogP contribution in [0.1, 0.15) is 20.7 Å². The summed E-state index contributed by atoms with van der Waals surface area (Å²) in [7, 11) is 0. The zero-order chi connectivity index (χ0) is 13.3. The minimum Gasteiger partial charge on any atom is -0.268 e. The second kappa shape index (κ2) is 4.14. The monoisotopic (exact) mass is 246 g/mol. The average Bonchev–Trinajstić information content (AvgIpc) is 2.60. The van der Waals surface area contributed by atoms with Gasteiger partial charge in [-0.05, 0) is 12.1 Å². The molecule has 8 nitrogen and oxygen atoms in total. The van der Waals surface area contributed by atoms with Crippen LogP contribution >= 0.6 is 0 Å². The van der Waals surface area contributed by atoms with Gasteiger partial charge in [0.1, 0.15) is 6.07 Å². The van der Waals surface area contributed by atoms with Crippen LogP contribution in [-0.2, 0) is 0 Å². The van der Waals surface area contributed by atoms with E-state index < -0.39 is 23.0 Å². The number of nitrogens with one attached hydrogen (secondary N) is 1. The lowest BCUT2D eigenvalue weighted by Gasteiger charge is -2.16. The molecule has 0 aliphatic carbocycles. The fourth-order valence-electron chi connectivity index (χ4n) is 1.69. The molecule has 1 atom stereocenters. The molecule has 0 aromatic heterocycles. The summed E-state index contributed by atoms with van der Waals surface area (Å²) in [6, 6.07) is 7.49. The number of nitriles is 1. The third-order valence-corrected chi connectivity index (χ3v) is 2.43. The predicted octanol–water partition coefficient (Wildman–Crippen LogP) is -0.0864. The average molecular weight is 246 g/mol. The Morgan fingerprint density at radius 3 is 2.17 bits per heavy atom. The van der Waals surface area contributed by atoms with Crippen molar-refractivity contribution in [3.05, 3.63) is 45.5 Å². The van der Waals surface area contributed by atoms with E-state index in [1.807, 2.05) is 0 Å². The first-order valence-corrected chi connectivity index (χ1v) is 4.83. The summed E-state index contributed by atoms with van der Waals surface area (Å²) in [6.07, 6.45) is -1.63. The van der Waals surface area contributed by atoms with Gasteiger partial charge >= 0.3 is 0 Å². The van der Waals surface area contributed by atoms with Crippen molar-refractivity contribution < 1.29 is 14.6 Å². The number of hydrogen-bond donors (Lipinski definition) is 1. The maximum absolute atomic E-state index is 11.9. The van der Waals surface area contributed by atoms with E-state index in [1.54, 1.807) is 17.6 Å². The summed E-state index contributed by atoms with van der Waals surface area (Å²) < 4.78 is 0. The highest BCUT2D eigenvalue weighted by atomic mass is 16.7. The Morgan fingerprint density at radius 2 is 1.78 bits per heavy atom. The summed E-state index contributed by atoms with van der Waals surface area (Å²) in [4.78, 5) is 34.6. The molecule has 90 valence electrons. The molecule has 0 bridgehead atoms. The zero-order valence-electron chi connectivity index (χ0n) is 8.86. The molecule has 1 N–H and O–H groups in total. The van der Waals surface area contributed by atoms with Crippen LogP contribution < -0.4 is 5.43 Å². The van der Waals surface area contributed by atoms with E-state index in [2.05, 4.69) is 0 Å². The van der Waals surface area contributed by atoms with Crippen molar-refractivity contribution in [3.63, 3.8) is 0 Å². The number of benzene rings is 1. The van der Waals surface area contributed by atoms with Gasteiger partial charge in [0.05, 0.1) is 11.1 Å². The lowest BCUT2D eigenvalue weighted by molar-refractivity contribution is -0.551. The smallest absolute Gasteiger partial charge is 0.264 e. The summed E-state index contributed by atoms with van der Waals surface area (Å²) >= 11 is 0. The maximum atomic E-state index is 11.9. The number of fused-ring (bicyclic) bond motifs is 1. The van der Waals surface area contributed by atoms with Gasteiger partial charge in [0, 0.05) is 0 Å². The van der Waals surface area contributed by atoms with Crippen LogP contribution in [0.4, 0.5) is 0 Å². The third kappa shape index (κ3) is 1.63. The molecule has 0 spiro atoms. The molecule has 0 fully saturated rings. The molecule has 1 aliphatic rings. The third-order valence-electron chi connectivity index (χ3n) is 2.43. The molecule has 1 heterocycles. The van der Waals surface area contributed by atoms with Crippen LogP contribution in [0, 0.1) is 21.4 Å². The van der Waals surface area contributed by atoms with Gasteiger partial charge in [0.15, 0.2) is 5.03 Å². The zero-order valence-corrected chi connectivity index (χ0v) is 8.86. The summed E-state index contributed by atoms with van der Waals surface area (Å²) in [5, 5.41) is 18.1. The van der Waals surface area contributed by atoms with Crippen LogP contribution in [0.2, 0.25) is 0 Å². The minimum absolute atomic E-state index is 0.132. The number of nitro groups is 1. The molecule has 0 radical (unpaired) electrons. The van der Waals surface area contributed by atoms with E-state index in [4.69, 9.17) is 5.26 Å². The first kappa shape index (κ1) is 11.5. The predicted molar refractivity (Wildman–Crippen MR) is 56.5 cm³/mol. The lowest BCUT2D eigenvalue weighted by Crippen LogP contribution is -2.49. The van der Waals surface area contributed by atoms with E-state index in [9.17, 15) is 19.7 Å². The number of imide groups is 1. The Balaban J connectivity index is 2.39. The highest BCUT2D eigenvalue weighted by molar-refractivity contribution is 6.21. The van der Waals surface area contributed by atoms with Gasteiger partial charge < -0.3 is 0 Å². The van der Waals surface area contributed by atoms with Crippen molar-refractivity contribution in [2.45, 2.75) is 6.17 Å². The number of hydrazine groups is 1. The number of carbonyl (C=O) groups excluding carboxylic acids is 2. The highest BCUT2D eigenvalue weighted by Gasteiger charge is 2.41. The van der Waals surface area contributed by atoms with Crippen molar-refractivity contribution in [2.75, 3.05) is 0 Å². The number of rotatable bonds is 3. The SMILES string of the molecule is N#CC(N[N+](=O)[O-])N1C(=O)c2ccccc2C1=O. The maximum Gasteiger partial charge on any atom is 0.264 e. The van der Waals surface area contributed by atoms with Crippen molar-refractivity contribution in [2.24, 2.45) is 0 Å². The van der Waals surface area contributed by atoms with Gasteiger partial charge in [-0.1, -0.05) is 12.1 Å². The second-order valence-corrected chi connectivity index (χ2v) is 3.44. The number of carbonyl (C=O) groups is 2. The molecule has 1 aromatic carbocycles. The first-order chi connectivity index (χ1) is 8.56. The summed E-state index contributed by atoms with van der Waals surface area (Å²) in [5.74, 6) is -1.45. The Labute approximate surface area is 101 Å². The Morgan fingerprint density at radius 1 is 1.28 bits per heavy atom. The molecule has 1 aliphatic heterocycles. The van der Waals surface area contributed by atoms with E-state index in [0.29, 0.717) is 4.90 Å². The van der Waals surface area contributed by atoms with Gasteiger partial charge in [-0.3, -0.25) is 9.59 Å². The van der Waals surface area contributed by atoms with Crippen LogP contribution in [0.3, 0.4) is 0 Å². The molecular weight excluding hydrogens is 240 g/mol. The fraction of sp³-hybridized carbons (Fsp3) is 0.100. The standard InChI is InChI=1S/C10H6N4O4/c11-5-8(12-14(17)18)13-9(15)6-3-1-2-4-7(6)10(13)16/h1-4,8,12H. The molecular formula is C10H6N4O4. The molecule has 0 saturated carbocycles. The van der Waals surface area contributed by atoms with Crippen molar-refractivity contribution in [3.8, 4) is 6.07 Å². The largest absolute Gasteiger partial charge is 0.268 e. The van der Waals surface area contributed by atoms with Gasteiger partial charge in [0.25, 0.3) is 18.0 Å². The van der Waals surface area contributed by atoms with E-state index in [-0.39, 0.29) is 11.1 Å². The fourth-order valence-corrected chi connectivity index (χ4v) is 1.69. The number of amides is 2. The highest BCUT2D eigenvalue weighted by Crippen LogP contribution is 2.23. The van der Waals surface area contributed by atoms with Gasteiger partial charge in [-0.15, -0.1) is 5.43 Å². The van der Waals surface area contributed by atoms with Gasteiger partial charge in [-0.25, -0.2) is 15.0 Å². The van der Waals surface area contributed by atoms with Crippen molar-refractivity contribution >= 4 is 11.8 Å². The Hall–Kier alpha value is -2.95. The number of nitrogens with zero attached hydrogens (tertiary/aromatic N) is 3. The summed E-state index contributed by atoms with van der Waals surface area (Å²) in [5.41, 5.74) is 1.88. The Kier molecular flexibility index (Phi) is 2.65. The topological polar surface area (TPSA) is 116 Å². The van der Waals surface area contributed by atoms with Crippen LogP contribution in [0.5, 0.6) is 0 Å². The second-order valence-electron chi connectivity index (χ2n) is 3.44. The molecule has 2 amide bonds. The number of hydrogen-bond acceptors (Lipinski definition) is 5. The van der Waals surface area contributed by atoms with Gasteiger partial charge in [-0.2, -0.15) is 5.26 Å². The normalized spacial score (nSPS) is 14.9. The quantitative estimate of drug-likeness (QED) is 0.452. The van der Waals surface area contributed by atoms with Crippen LogP contribution in [0.25, 0.3) is 0 Å². The minimum atomic E-state index is -1.63. The molecule has 1 aromatic rings. The lowest BCUT2D eigenvalue weighted by atomic mass is 10.1.